The van der Waals surface area contributed by atoms with Crippen LogP contribution in [-0.2, 0) is 6.42 Å². The summed E-state index contributed by atoms with van der Waals surface area (Å²) in [5, 5.41) is 0. The van der Waals surface area contributed by atoms with E-state index in [9.17, 15) is 0 Å². The Hall–Kier alpha value is -1.18. The molecule has 0 amide bonds. The van der Waals surface area contributed by atoms with Crippen LogP contribution in [0.4, 0.5) is 11.4 Å². The molecular formula is C18H32N2. The maximum atomic E-state index is 5.95. The number of nitrogens with two attached hydrogens (primary N) is 2. The lowest BCUT2D eigenvalue weighted by Crippen LogP contribution is -1.96. The molecule has 0 unspecified atom stereocenters. The SMILES string of the molecule is CCCCCCCCCCCCc1cc(N)ccc1N. The molecule has 1 rings (SSSR count). The fraction of sp³-hybridized carbons (Fsp3) is 0.667. The van der Waals surface area contributed by atoms with E-state index in [4.69, 9.17) is 11.5 Å². The highest BCUT2D eigenvalue weighted by Crippen LogP contribution is 2.19. The molecule has 0 aliphatic rings. The Balaban J connectivity index is 1.98. The normalized spacial score (nSPS) is 10.8. The summed E-state index contributed by atoms with van der Waals surface area (Å²) in [7, 11) is 0. The zero-order valence-corrected chi connectivity index (χ0v) is 13.2. The molecule has 0 heterocycles. The molecule has 0 bridgehead atoms. The first-order valence-electron chi connectivity index (χ1n) is 8.38. The average Bonchev–Trinajstić information content (AvgIpc) is 2.44. The van der Waals surface area contributed by atoms with Crippen LogP contribution in [0.2, 0.25) is 0 Å². The number of aryl methyl sites for hydroxylation is 1. The molecule has 4 N–H and O–H groups in total. The van der Waals surface area contributed by atoms with Gasteiger partial charge in [-0.05, 0) is 36.6 Å². The van der Waals surface area contributed by atoms with Crippen molar-refractivity contribution in [3.05, 3.63) is 23.8 Å². The second-order valence-corrected chi connectivity index (χ2v) is 5.89. The Morgan fingerprint density at radius 1 is 0.750 bits per heavy atom. The number of hydrogen-bond acceptors (Lipinski definition) is 2. The number of hydrogen-bond donors (Lipinski definition) is 2. The van der Waals surface area contributed by atoms with Crippen molar-refractivity contribution in [2.75, 3.05) is 11.5 Å². The lowest BCUT2D eigenvalue weighted by atomic mass is 10.0. The second-order valence-electron chi connectivity index (χ2n) is 5.89. The van der Waals surface area contributed by atoms with Gasteiger partial charge in [0.25, 0.3) is 0 Å². The van der Waals surface area contributed by atoms with Gasteiger partial charge in [0.1, 0.15) is 0 Å². The van der Waals surface area contributed by atoms with Crippen LogP contribution < -0.4 is 11.5 Å². The highest BCUT2D eigenvalue weighted by molar-refractivity contribution is 5.55. The van der Waals surface area contributed by atoms with Gasteiger partial charge in [0, 0.05) is 11.4 Å². The van der Waals surface area contributed by atoms with Gasteiger partial charge in [0.05, 0.1) is 0 Å². The van der Waals surface area contributed by atoms with Gasteiger partial charge in [0.15, 0.2) is 0 Å². The van der Waals surface area contributed by atoms with E-state index in [1.54, 1.807) is 0 Å². The van der Waals surface area contributed by atoms with E-state index in [0.29, 0.717) is 0 Å². The van der Waals surface area contributed by atoms with E-state index in [1.807, 2.05) is 18.2 Å². The summed E-state index contributed by atoms with van der Waals surface area (Å²) in [5.41, 5.74) is 14.7. The third-order valence-corrected chi connectivity index (χ3v) is 3.97. The number of unbranched alkanes of at least 4 members (excludes halogenated alkanes) is 9. The predicted octanol–water partition coefficient (Wildman–Crippen LogP) is 5.31. The summed E-state index contributed by atoms with van der Waals surface area (Å²) in [6.07, 6.45) is 14.8. The Morgan fingerprint density at radius 2 is 1.30 bits per heavy atom. The first-order chi connectivity index (χ1) is 9.74. The molecule has 0 aliphatic heterocycles. The van der Waals surface area contributed by atoms with Gasteiger partial charge in [0.2, 0.25) is 0 Å². The summed E-state index contributed by atoms with van der Waals surface area (Å²) in [4.78, 5) is 0. The van der Waals surface area contributed by atoms with E-state index >= 15 is 0 Å². The minimum absolute atomic E-state index is 0.821. The van der Waals surface area contributed by atoms with Crippen molar-refractivity contribution in [1.29, 1.82) is 0 Å². The summed E-state index contributed by atoms with van der Waals surface area (Å²) in [6, 6.07) is 5.81. The maximum absolute atomic E-state index is 5.95. The van der Waals surface area contributed by atoms with Gasteiger partial charge in [-0.15, -0.1) is 0 Å². The molecule has 0 aromatic heterocycles. The summed E-state index contributed by atoms with van der Waals surface area (Å²) >= 11 is 0. The lowest BCUT2D eigenvalue weighted by Gasteiger charge is -2.07. The minimum Gasteiger partial charge on any atom is -0.399 e. The van der Waals surface area contributed by atoms with Crippen LogP contribution in [0, 0.1) is 0 Å². The van der Waals surface area contributed by atoms with Crippen LogP contribution in [0.15, 0.2) is 18.2 Å². The van der Waals surface area contributed by atoms with Crippen molar-refractivity contribution >= 4 is 11.4 Å². The standard InChI is InChI=1S/C18H32N2/c1-2-3-4-5-6-7-8-9-10-11-12-16-15-17(19)13-14-18(16)20/h13-15H,2-12,19-20H2,1H3. The van der Waals surface area contributed by atoms with Gasteiger partial charge in [-0.1, -0.05) is 64.7 Å². The molecule has 114 valence electrons. The Bertz CT molecular complexity index is 360. The molecule has 20 heavy (non-hydrogen) atoms. The third-order valence-electron chi connectivity index (χ3n) is 3.97. The first-order valence-corrected chi connectivity index (χ1v) is 8.38. The van der Waals surface area contributed by atoms with Gasteiger partial charge < -0.3 is 11.5 Å². The van der Waals surface area contributed by atoms with Crippen LogP contribution in [-0.4, -0.2) is 0 Å². The summed E-state index contributed by atoms with van der Waals surface area (Å²) in [6.45, 7) is 2.27. The van der Waals surface area contributed by atoms with Crippen molar-refractivity contribution in [3.63, 3.8) is 0 Å². The molecule has 0 spiro atoms. The highest BCUT2D eigenvalue weighted by Gasteiger charge is 2.00. The average molecular weight is 276 g/mol. The van der Waals surface area contributed by atoms with E-state index in [-0.39, 0.29) is 0 Å². The van der Waals surface area contributed by atoms with Crippen molar-refractivity contribution in [2.45, 2.75) is 77.6 Å². The zero-order chi connectivity index (χ0) is 14.6. The van der Waals surface area contributed by atoms with Crippen LogP contribution in [0.1, 0.15) is 76.7 Å². The highest BCUT2D eigenvalue weighted by atomic mass is 14.6. The van der Waals surface area contributed by atoms with E-state index in [1.165, 1.54) is 69.8 Å². The molecule has 1 aromatic rings. The molecule has 1 aromatic carbocycles. The molecule has 2 heteroatoms. The van der Waals surface area contributed by atoms with Crippen molar-refractivity contribution in [3.8, 4) is 0 Å². The van der Waals surface area contributed by atoms with Crippen molar-refractivity contribution in [1.82, 2.24) is 0 Å². The topological polar surface area (TPSA) is 52.0 Å². The van der Waals surface area contributed by atoms with Crippen LogP contribution >= 0.6 is 0 Å². The largest absolute Gasteiger partial charge is 0.399 e. The van der Waals surface area contributed by atoms with Crippen molar-refractivity contribution in [2.24, 2.45) is 0 Å². The van der Waals surface area contributed by atoms with Gasteiger partial charge in [-0.2, -0.15) is 0 Å². The monoisotopic (exact) mass is 276 g/mol. The second kappa shape index (κ2) is 10.6. The van der Waals surface area contributed by atoms with Gasteiger partial charge in [-0.3, -0.25) is 0 Å². The van der Waals surface area contributed by atoms with E-state index in [2.05, 4.69) is 6.92 Å². The Labute approximate surface area is 124 Å². The molecular weight excluding hydrogens is 244 g/mol. The Kier molecular flexibility index (Phi) is 8.93. The molecule has 2 nitrogen and oxygen atoms in total. The third kappa shape index (κ3) is 7.42. The molecule has 0 saturated heterocycles. The minimum atomic E-state index is 0.821. The molecule has 0 atom stereocenters. The number of anilines is 2. The summed E-state index contributed by atoms with van der Waals surface area (Å²) in [5.74, 6) is 0. The fourth-order valence-electron chi connectivity index (χ4n) is 2.65. The number of benzene rings is 1. The zero-order valence-electron chi connectivity index (χ0n) is 13.2. The Morgan fingerprint density at radius 3 is 1.90 bits per heavy atom. The van der Waals surface area contributed by atoms with E-state index < -0.39 is 0 Å². The number of rotatable bonds is 11. The van der Waals surface area contributed by atoms with Gasteiger partial charge >= 0.3 is 0 Å². The smallest absolute Gasteiger partial charge is 0.0348 e. The summed E-state index contributed by atoms with van der Waals surface area (Å²) < 4.78 is 0. The fourth-order valence-corrected chi connectivity index (χ4v) is 2.65. The van der Waals surface area contributed by atoms with Gasteiger partial charge in [-0.25, -0.2) is 0 Å². The number of nitrogen functional groups attached to an aromatic ring is 2. The van der Waals surface area contributed by atoms with Crippen LogP contribution in [0.5, 0.6) is 0 Å². The van der Waals surface area contributed by atoms with Crippen LogP contribution in [0.3, 0.4) is 0 Å². The predicted molar refractivity (Wildman–Crippen MR) is 90.8 cm³/mol. The quantitative estimate of drug-likeness (QED) is 0.425. The molecule has 0 fully saturated rings. The maximum Gasteiger partial charge on any atom is 0.0348 e. The van der Waals surface area contributed by atoms with E-state index in [0.717, 1.165) is 17.8 Å². The van der Waals surface area contributed by atoms with Crippen molar-refractivity contribution < 1.29 is 0 Å². The molecule has 0 aliphatic carbocycles. The van der Waals surface area contributed by atoms with Crippen LogP contribution in [0.25, 0.3) is 0 Å². The first kappa shape index (κ1) is 16.9. The lowest BCUT2D eigenvalue weighted by molar-refractivity contribution is 0.556. The molecule has 0 radical (unpaired) electrons. The molecule has 0 saturated carbocycles.